The highest BCUT2D eigenvalue weighted by atomic mass is 32.2. The monoisotopic (exact) mass is 689 g/mol. The molecule has 16 heteroatoms. The molecule has 48 heavy (non-hydrogen) atoms. The van der Waals surface area contributed by atoms with Crippen LogP contribution in [0.1, 0.15) is 24.0 Å². The third kappa shape index (κ3) is 5.72. The van der Waals surface area contributed by atoms with Crippen LogP contribution in [0.25, 0.3) is 28.0 Å². The summed E-state index contributed by atoms with van der Waals surface area (Å²) in [6.07, 6.45) is -3.16. The first-order valence-corrected chi connectivity index (χ1v) is 16.6. The zero-order chi connectivity index (χ0) is 34.7. The van der Waals surface area contributed by atoms with Crippen LogP contribution < -0.4 is 10.6 Å². The predicted molar refractivity (Wildman–Crippen MR) is 166 cm³/mol. The normalized spacial score (nSPS) is 17.4. The fourth-order valence-corrected chi connectivity index (χ4v) is 7.03. The molecule has 0 saturated carbocycles. The van der Waals surface area contributed by atoms with Gasteiger partial charge in [0, 0.05) is 43.4 Å². The molecule has 1 atom stereocenters. The SMILES string of the molecule is C=CC(=O)N1CCN(c2nc(=O)n(-c3c(C4COC4)cccc3S(C)(=O)=O)c3nc(-c4cccc(F)c4C(F)(F)F)c(F)cc23)[C@@H](C)C1. The van der Waals surface area contributed by atoms with Gasteiger partial charge in [-0.15, -0.1) is 0 Å². The summed E-state index contributed by atoms with van der Waals surface area (Å²) in [6, 6.07) is 7.09. The summed E-state index contributed by atoms with van der Waals surface area (Å²) >= 11 is 0. The molecule has 0 radical (unpaired) electrons. The molecule has 2 fully saturated rings. The zero-order valence-corrected chi connectivity index (χ0v) is 26.4. The van der Waals surface area contributed by atoms with Gasteiger partial charge in [0.25, 0.3) is 0 Å². The Balaban J connectivity index is 1.71. The minimum absolute atomic E-state index is 0.0805. The Hall–Kier alpha value is -4.70. The van der Waals surface area contributed by atoms with Crippen LogP contribution in [0.15, 0.2) is 64.8 Å². The Labute approximate surface area is 271 Å². The maximum atomic E-state index is 16.1. The van der Waals surface area contributed by atoms with Gasteiger partial charge in [0.1, 0.15) is 28.7 Å². The molecule has 2 saturated heterocycles. The number of aromatic nitrogens is 3. The van der Waals surface area contributed by atoms with E-state index in [-0.39, 0.29) is 66.5 Å². The molecule has 252 valence electrons. The van der Waals surface area contributed by atoms with Crippen LogP contribution in [0.5, 0.6) is 0 Å². The van der Waals surface area contributed by atoms with Crippen LogP contribution in [0.4, 0.5) is 27.8 Å². The van der Waals surface area contributed by atoms with E-state index in [9.17, 15) is 35.6 Å². The molecule has 4 aromatic rings. The number of carbonyl (C=O) groups is 1. The van der Waals surface area contributed by atoms with Gasteiger partial charge in [-0.2, -0.15) is 18.2 Å². The van der Waals surface area contributed by atoms with E-state index < -0.39 is 61.8 Å². The molecular weight excluding hydrogens is 661 g/mol. The molecule has 2 aromatic carbocycles. The first-order valence-electron chi connectivity index (χ1n) is 14.7. The summed E-state index contributed by atoms with van der Waals surface area (Å²) in [4.78, 5) is 37.8. The number of anilines is 1. The van der Waals surface area contributed by atoms with E-state index in [1.165, 1.54) is 17.0 Å². The van der Waals surface area contributed by atoms with Crippen LogP contribution in [-0.4, -0.2) is 78.9 Å². The summed E-state index contributed by atoms with van der Waals surface area (Å²) in [5, 5.41) is -0.129. The second-order valence-electron chi connectivity index (χ2n) is 11.6. The molecule has 0 spiro atoms. The molecule has 0 N–H and O–H groups in total. The predicted octanol–water partition coefficient (Wildman–Crippen LogP) is 4.49. The average molecular weight is 690 g/mol. The van der Waals surface area contributed by atoms with Crippen LogP contribution in [0.2, 0.25) is 0 Å². The first-order chi connectivity index (χ1) is 22.6. The van der Waals surface area contributed by atoms with Gasteiger partial charge in [-0.25, -0.2) is 31.5 Å². The highest BCUT2D eigenvalue weighted by molar-refractivity contribution is 7.90. The van der Waals surface area contributed by atoms with Gasteiger partial charge >= 0.3 is 11.9 Å². The minimum Gasteiger partial charge on any atom is -0.380 e. The standard InChI is InChI=1S/C32H28F5N5O5S/c1-4-25(43)40-11-12-41(17(2)14-40)29-21-13-23(34)27(20-8-5-9-22(33)26(20)32(35,36)37)38-30(21)42(31(44)39-29)28-19(18-15-47-16-18)7-6-10-24(28)48(3,45)46/h4-10,13,17-18H,1,11-12,14-16H2,2-3H3/t17-/m0/s1. The quantitative estimate of drug-likeness (QED) is 0.215. The van der Waals surface area contributed by atoms with Gasteiger partial charge in [0.15, 0.2) is 15.5 Å². The Kier molecular flexibility index (Phi) is 8.35. The van der Waals surface area contributed by atoms with E-state index in [0.29, 0.717) is 11.6 Å². The number of sulfone groups is 1. The maximum Gasteiger partial charge on any atom is 0.419 e. The van der Waals surface area contributed by atoms with Crippen molar-refractivity contribution >= 4 is 32.6 Å². The number of pyridine rings is 1. The molecule has 2 aliphatic heterocycles. The smallest absolute Gasteiger partial charge is 0.380 e. The number of fused-ring (bicyclic) bond motifs is 1. The molecule has 2 aliphatic rings. The van der Waals surface area contributed by atoms with Gasteiger partial charge in [0.05, 0.1) is 29.2 Å². The van der Waals surface area contributed by atoms with Crippen molar-refractivity contribution in [3.63, 3.8) is 0 Å². The van der Waals surface area contributed by atoms with E-state index in [1.807, 2.05) is 0 Å². The Morgan fingerprint density at radius 2 is 1.77 bits per heavy atom. The number of hydrogen-bond acceptors (Lipinski definition) is 8. The van der Waals surface area contributed by atoms with Crippen LogP contribution in [0, 0.1) is 11.6 Å². The fraction of sp³-hybridized carbons (Fsp3) is 0.312. The third-order valence-electron chi connectivity index (χ3n) is 8.47. The van der Waals surface area contributed by atoms with Crippen molar-refractivity contribution in [3.8, 4) is 16.9 Å². The number of piperazine rings is 1. The van der Waals surface area contributed by atoms with Crippen molar-refractivity contribution in [3.05, 3.63) is 88.4 Å². The third-order valence-corrected chi connectivity index (χ3v) is 9.60. The topological polar surface area (TPSA) is 115 Å². The highest BCUT2D eigenvalue weighted by Gasteiger charge is 2.39. The van der Waals surface area contributed by atoms with E-state index in [2.05, 4.69) is 16.5 Å². The van der Waals surface area contributed by atoms with Crippen LogP contribution in [0.3, 0.4) is 0 Å². The van der Waals surface area contributed by atoms with Gasteiger partial charge < -0.3 is 14.5 Å². The Morgan fingerprint density at radius 3 is 2.38 bits per heavy atom. The van der Waals surface area contributed by atoms with E-state index >= 15 is 4.39 Å². The lowest BCUT2D eigenvalue weighted by molar-refractivity contribution is -0.139. The fourth-order valence-electron chi connectivity index (χ4n) is 6.15. The number of carbonyl (C=O) groups excluding carboxylic acids is 1. The van der Waals surface area contributed by atoms with Crippen molar-refractivity contribution in [2.75, 3.05) is 44.0 Å². The molecule has 0 unspecified atom stereocenters. The van der Waals surface area contributed by atoms with E-state index in [0.717, 1.165) is 35.1 Å². The van der Waals surface area contributed by atoms with Crippen LogP contribution >= 0.6 is 0 Å². The van der Waals surface area contributed by atoms with E-state index in [4.69, 9.17) is 4.74 Å². The molecular formula is C32H28F5N5O5S. The average Bonchev–Trinajstić information content (AvgIpc) is 2.98. The second-order valence-corrected chi connectivity index (χ2v) is 13.6. The van der Waals surface area contributed by atoms with Crippen molar-refractivity contribution in [2.45, 2.75) is 30.0 Å². The molecule has 0 aliphatic carbocycles. The maximum absolute atomic E-state index is 16.1. The molecule has 0 bridgehead atoms. The summed E-state index contributed by atoms with van der Waals surface area (Å²) in [5.74, 6) is -3.71. The summed E-state index contributed by atoms with van der Waals surface area (Å²) in [6.45, 7) is 6.09. The van der Waals surface area contributed by atoms with Crippen molar-refractivity contribution in [1.29, 1.82) is 0 Å². The number of ether oxygens (including phenoxy) is 1. The minimum atomic E-state index is -5.24. The summed E-state index contributed by atoms with van der Waals surface area (Å²) < 4.78 is 105. The van der Waals surface area contributed by atoms with Crippen LogP contribution in [-0.2, 0) is 25.5 Å². The lowest BCUT2D eigenvalue weighted by Crippen LogP contribution is -2.54. The number of benzene rings is 2. The largest absolute Gasteiger partial charge is 0.419 e. The van der Waals surface area contributed by atoms with Gasteiger partial charge in [0.2, 0.25) is 5.91 Å². The van der Waals surface area contributed by atoms with E-state index in [1.54, 1.807) is 17.9 Å². The second kappa shape index (κ2) is 12.1. The van der Waals surface area contributed by atoms with Crippen molar-refractivity contribution in [1.82, 2.24) is 19.4 Å². The summed E-state index contributed by atoms with van der Waals surface area (Å²) in [5.41, 5.74) is -4.86. The van der Waals surface area contributed by atoms with Gasteiger partial charge in [-0.3, -0.25) is 4.79 Å². The molecule has 6 rings (SSSR count). The van der Waals surface area contributed by atoms with Crippen molar-refractivity contribution < 1.29 is 39.9 Å². The molecule has 10 nitrogen and oxygen atoms in total. The number of nitrogens with zero attached hydrogens (tertiary/aromatic N) is 5. The number of para-hydroxylation sites is 1. The lowest BCUT2D eigenvalue weighted by Gasteiger charge is -2.40. The molecule has 1 amide bonds. The zero-order valence-electron chi connectivity index (χ0n) is 25.6. The Morgan fingerprint density at radius 1 is 1.06 bits per heavy atom. The molecule has 4 heterocycles. The number of alkyl halides is 3. The highest BCUT2D eigenvalue weighted by Crippen LogP contribution is 2.41. The number of halogens is 5. The number of hydrogen-bond donors (Lipinski definition) is 0. The van der Waals surface area contributed by atoms with Gasteiger partial charge in [-0.1, -0.05) is 30.8 Å². The number of rotatable bonds is 6. The van der Waals surface area contributed by atoms with Gasteiger partial charge in [-0.05, 0) is 36.8 Å². The summed E-state index contributed by atoms with van der Waals surface area (Å²) in [7, 11) is -4.05. The van der Waals surface area contributed by atoms with Crippen molar-refractivity contribution in [2.24, 2.45) is 0 Å². The first kappa shape index (κ1) is 33.2. The Bertz CT molecular complexity index is 2150. The molecule has 2 aromatic heterocycles. The lowest BCUT2D eigenvalue weighted by atomic mass is 9.95. The number of amides is 1.